The molecule has 36 heavy (non-hydrogen) atoms. The van der Waals surface area contributed by atoms with Gasteiger partial charge in [0.05, 0.1) is 23.0 Å². The summed E-state index contributed by atoms with van der Waals surface area (Å²) < 4.78 is 3.44. The van der Waals surface area contributed by atoms with Crippen LogP contribution in [0.1, 0.15) is 34.7 Å². The van der Waals surface area contributed by atoms with Crippen molar-refractivity contribution in [1.82, 2.24) is 24.5 Å². The molecule has 0 aliphatic heterocycles. The van der Waals surface area contributed by atoms with Gasteiger partial charge in [-0.3, -0.25) is 19.0 Å². The predicted molar refractivity (Wildman–Crippen MR) is 139 cm³/mol. The van der Waals surface area contributed by atoms with E-state index >= 15 is 0 Å². The van der Waals surface area contributed by atoms with Gasteiger partial charge in [-0.1, -0.05) is 24.3 Å². The van der Waals surface area contributed by atoms with Crippen LogP contribution in [0.5, 0.6) is 0 Å². The Morgan fingerprint density at radius 3 is 2.39 bits per heavy atom. The number of hydrogen-bond donors (Lipinski definition) is 2. The maximum Gasteiger partial charge on any atom is 0.273 e. The number of carbonyl (C=O) groups is 2. The molecule has 0 atom stereocenters. The van der Waals surface area contributed by atoms with Gasteiger partial charge in [0, 0.05) is 47.8 Å². The smallest absolute Gasteiger partial charge is 0.273 e. The summed E-state index contributed by atoms with van der Waals surface area (Å²) in [7, 11) is 0. The second-order valence-corrected chi connectivity index (χ2v) is 8.18. The second kappa shape index (κ2) is 9.83. The lowest BCUT2D eigenvalue weighted by molar-refractivity contribution is 0.101. The molecular weight excluding hydrogens is 454 g/mol. The Hall–Kier alpha value is -4.79. The fourth-order valence-corrected chi connectivity index (χ4v) is 4.03. The number of benzene rings is 2. The van der Waals surface area contributed by atoms with Crippen molar-refractivity contribution in [2.75, 3.05) is 10.6 Å². The largest absolute Gasteiger partial charge is 0.322 e. The molecule has 0 aliphatic rings. The molecule has 2 aromatic carbocycles. The van der Waals surface area contributed by atoms with Crippen molar-refractivity contribution >= 4 is 34.1 Å². The molecule has 9 heteroatoms. The van der Waals surface area contributed by atoms with Crippen molar-refractivity contribution in [3.8, 4) is 11.3 Å². The first-order valence-electron chi connectivity index (χ1n) is 11.7. The van der Waals surface area contributed by atoms with Gasteiger partial charge in [0.15, 0.2) is 0 Å². The predicted octanol–water partition coefficient (Wildman–Crippen LogP) is 4.84. The van der Waals surface area contributed by atoms with Gasteiger partial charge in [-0.15, -0.1) is 0 Å². The number of carbonyl (C=O) groups excluding carboxylic acids is 2. The average molecular weight is 480 g/mol. The van der Waals surface area contributed by atoms with E-state index in [4.69, 9.17) is 4.98 Å². The molecule has 0 bridgehead atoms. The minimum Gasteiger partial charge on any atom is -0.322 e. The molecule has 9 nitrogen and oxygen atoms in total. The van der Waals surface area contributed by atoms with Gasteiger partial charge in [0.25, 0.3) is 11.8 Å². The summed E-state index contributed by atoms with van der Waals surface area (Å²) in [5.41, 5.74) is 4.32. The summed E-state index contributed by atoms with van der Waals surface area (Å²) >= 11 is 0. The van der Waals surface area contributed by atoms with Gasteiger partial charge in [0.2, 0.25) is 0 Å². The van der Waals surface area contributed by atoms with Gasteiger partial charge < -0.3 is 10.6 Å². The fourth-order valence-electron chi connectivity index (χ4n) is 4.03. The highest BCUT2D eigenvalue weighted by Gasteiger charge is 2.16. The lowest BCUT2D eigenvalue weighted by Crippen LogP contribution is -2.17. The van der Waals surface area contributed by atoms with Crippen LogP contribution < -0.4 is 10.6 Å². The van der Waals surface area contributed by atoms with E-state index in [1.807, 2.05) is 49.0 Å². The zero-order valence-electron chi connectivity index (χ0n) is 20.0. The normalized spacial score (nSPS) is 10.9. The van der Waals surface area contributed by atoms with Crippen LogP contribution in [-0.4, -0.2) is 36.4 Å². The molecular formula is C27H25N7O2. The number of aryl methyl sites for hydroxylation is 2. The summed E-state index contributed by atoms with van der Waals surface area (Å²) in [5.74, 6) is -0.541. The Morgan fingerprint density at radius 1 is 0.861 bits per heavy atom. The van der Waals surface area contributed by atoms with Crippen LogP contribution >= 0.6 is 0 Å². The SMILES string of the molecule is CCn1cc(-c2cc(C(=O)Nc3cccc(NC(=O)c4ccnn4CC)c3)c3ccccc3n2)cn1. The first-order chi connectivity index (χ1) is 17.6. The van der Waals surface area contributed by atoms with Crippen LogP contribution in [0.4, 0.5) is 11.4 Å². The lowest BCUT2D eigenvalue weighted by Gasteiger charge is -2.12. The summed E-state index contributed by atoms with van der Waals surface area (Å²) in [6, 6.07) is 18.0. The molecule has 180 valence electrons. The molecule has 0 saturated heterocycles. The zero-order valence-corrected chi connectivity index (χ0v) is 20.0. The number of anilines is 2. The van der Waals surface area contributed by atoms with E-state index in [9.17, 15) is 9.59 Å². The van der Waals surface area contributed by atoms with Crippen LogP contribution in [0.25, 0.3) is 22.2 Å². The summed E-state index contributed by atoms with van der Waals surface area (Å²) in [6.07, 6.45) is 5.25. The highest BCUT2D eigenvalue weighted by molar-refractivity contribution is 6.13. The third kappa shape index (κ3) is 4.58. The summed E-state index contributed by atoms with van der Waals surface area (Å²) in [4.78, 5) is 30.8. The van der Waals surface area contributed by atoms with Crippen molar-refractivity contribution in [1.29, 1.82) is 0 Å². The topological polar surface area (TPSA) is 107 Å². The van der Waals surface area contributed by atoms with Gasteiger partial charge in [-0.25, -0.2) is 4.98 Å². The standard InChI is InChI=1S/C27H25N7O2/c1-3-33-17-18(16-29-33)24-15-22(21-10-5-6-11-23(21)32-24)26(35)30-19-8-7-9-20(14-19)31-27(36)25-12-13-28-34(25)4-2/h5-17H,3-4H2,1-2H3,(H,30,35)(H,31,36). The van der Waals surface area contributed by atoms with Crippen LogP contribution in [0.2, 0.25) is 0 Å². The van der Waals surface area contributed by atoms with Crippen LogP contribution in [0, 0.1) is 0 Å². The molecule has 0 saturated carbocycles. The number of fused-ring (bicyclic) bond motifs is 1. The van der Waals surface area contributed by atoms with E-state index in [1.54, 1.807) is 53.5 Å². The minimum atomic E-state index is -0.273. The Kier molecular flexibility index (Phi) is 6.27. The molecule has 3 heterocycles. The highest BCUT2D eigenvalue weighted by Crippen LogP contribution is 2.26. The minimum absolute atomic E-state index is 0.268. The third-order valence-corrected chi connectivity index (χ3v) is 5.84. The molecule has 0 unspecified atom stereocenters. The first-order valence-corrected chi connectivity index (χ1v) is 11.7. The van der Waals surface area contributed by atoms with E-state index in [0.29, 0.717) is 34.9 Å². The number of aromatic nitrogens is 5. The van der Waals surface area contributed by atoms with Crippen LogP contribution in [0.15, 0.2) is 79.3 Å². The Morgan fingerprint density at radius 2 is 1.64 bits per heavy atom. The Bertz CT molecular complexity index is 1570. The van der Waals surface area contributed by atoms with E-state index < -0.39 is 0 Å². The van der Waals surface area contributed by atoms with E-state index in [2.05, 4.69) is 20.8 Å². The van der Waals surface area contributed by atoms with Crippen LogP contribution in [-0.2, 0) is 13.1 Å². The van der Waals surface area contributed by atoms with Crippen molar-refractivity contribution in [3.05, 3.63) is 90.5 Å². The molecule has 0 spiro atoms. The molecule has 2 N–H and O–H groups in total. The number of nitrogens with one attached hydrogen (secondary N) is 2. The number of rotatable bonds is 7. The Labute approximate surface area is 207 Å². The van der Waals surface area contributed by atoms with Crippen molar-refractivity contribution in [2.24, 2.45) is 0 Å². The molecule has 5 aromatic rings. The van der Waals surface area contributed by atoms with E-state index in [1.165, 1.54) is 0 Å². The van der Waals surface area contributed by atoms with Gasteiger partial charge >= 0.3 is 0 Å². The second-order valence-electron chi connectivity index (χ2n) is 8.18. The maximum atomic E-state index is 13.4. The Balaban J connectivity index is 1.42. The van der Waals surface area contributed by atoms with Gasteiger partial charge in [-0.2, -0.15) is 10.2 Å². The maximum absolute atomic E-state index is 13.4. The summed E-state index contributed by atoms with van der Waals surface area (Å²) in [6.45, 7) is 5.27. The molecule has 0 radical (unpaired) electrons. The molecule has 3 aromatic heterocycles. The molecule has 0 fully saturated rings. The lowest BCUT2D eigenvalue weighted by atomic mass is 10.0. The molecule has 2 amide bonds. The number of hydrogen-bond acceptors (Lipinski definition) is 5. The monoisotopic (exact) mass is 479 g/mol. The van der Waals surface area contributed by atoms with Crippen LogP contribution in [0.3, 0.4) is 0 Å². The molecule has 0 aliphatic carbocycles. The van der Waals surface area contributed by atoms with Gasteiger partial charge in [0.1, 0.15) is 5.69 Å². The third-order valence-electron chi connectivity index (χ3n) is 5.84. The highest BCUT2D eigenvalue weighted by atomic mass is 16.2. The molecule has 5 rings (SSSR count). The number of nitrogens with zero attached hydrogens (tertiary/aromatic N) is 5. The zero-order chi connectivity index (χ0) is 25.1. The number of amides is 2. The van der Waals surface area contributed by atoms with Gasteiger partial charge in [-0.05, 0) is 50.2 Å². The van der Waals surface area contributed by atoms with Crippen molar-refractivity contribution < 1.29 is 9.59 Å². The quantitative estimate of drug-likeness (QED) is 0.347. The van der Waals surface area contributed by atoms with Crippen molar-refractivity contribution in [3.63, 3.8) is 0 Å². The number of para-hydroxylation sites is 1. The first kappa shape index (κ1) is 23.0. The van der Waals surface area contributed by atoms with Crippen molar-refractivity contribution in [2.45, 2.75) is 26.9 Å². The average Bonchev–Trinajstić information content (AvgIpc) is 3.58. The van der Waals surface area contributed by atoms with E-state index in [-0.39, 0.29) is 11.8 Å². The number of pyridine rings is 1. The van der Waals surface area contributed by atoms with E-state index in [0.717, 1.165) is 23.0 Å². The summed E-state index contributed by atoms with van der Waals surface area (Å²) in [5, 5.41) is 15.0. The fraction of sp³-hybridized carbons (Fsp3) is 0.148.